The summed E-state index contributed by atoms with van der Waals surface area (Å²) in [5.74, 6) is -1.33. The highest BCUT2D eigenvalue weighted by Crippen LogP contribution is 2.24. The molecule has 1 aromatic heterocycles. The van der Waals surface area contributed by atoms with Crippen LogP contribution in [-0.2, 0) is 24.3 Å². The molecule has 2 heterocycles. The number of sulfonamides is 1. The molecule has 1 saturated heterocycles. The number of pyridine rings is 1. The Morgan fingerprint density at radius 2 is 1.83 bits per heavy atom. The second kappa shape index (κ2) is 9.36. The van der Waals surface area contributed by atoms with Gasteiger partial charge in [0.15, 0.2) is 6.61 Å². The summed E-state index contributed by atoms with van der Waals surface area (Å²) in [5, 5.41) is 2.72. The largest absolute Gasteiger partial charge is 0.455 e. The Labute approximate surface area is 176 Å². The van der Waals surface area contributed by atoms with Crippen molar-refractivity contribution < 1.29 is 22.7 Å². The van der Waals surface area contributed by atoms with Crippen molar-refractivity contribution in [2.45, 2.75) is 31.6 Å². The summed E-state index contributed by atoms with van der Waals surface area (Å²) in [6, 6.07) is 8.74. The zero-order chi connectivity index (χ0) is 21.7. The highest BCUT2D eigenvalue weighted by Gasteiger charge is 2.33. The van der Waals surface area contributed by atoms with Gasteiger partial charge in [-0.25, -0.2) is 8.42 Å². The van der Waals surface area contributed by atoms with Crippen molar-refractivity contribution in [2.75, 3.05) is 25.0 Å². The molecule has 0 saturated carbocycles. The number of hydrogen-bond donors (Lipinski definition) is 1. The van der Waals surface area contributed by atoms with Gasteiger partial charge in [0.25, 0.3) is 5.91 Å². The maximum atomic E-state index is 12.6. The van der Waals surface area contributed by atoms with Crippen LogP contribution in [0.15, 0.2) is 47.6 Å². The molecular weight excluding hydrogens is 406 g/mol. The smallest absolute Gasteiger partial charge is 0.309 e. The standard InChI is InChI=1S/C21H25N3O5S/c1-15-10-16(2)12-18(11-15)23-20(25)14-29-21(26)17-5-8-24(9-6-17)30(27,28)19-4-3-7-22-13-19/h3-4,7,10-13,17H,5-6,8-9,14H2,1-2H3,(H,23,25). The van der Waals surface area contributed by atoms with Gasteiger partial charge in [0, 0.05) is 31.2 Å². The monoisotopic (exact) mass is 431 g/mol. The number of carbonyl (C=O) groups excluding carboxylic acids is 2. The first-order chi connectivity index (χ1) is 14.3. The van der Waals surface area contributed by atoms with E-state index >= 15 is 0 Å². The lowest BCUT2D eigenvalue weighted by Gasteiger charge is -2.29. The summed E-state index contributed by atoms with van der Waals surface area (Å²) in [4.78, 5) is 28.4. The minimum absolute atomic E-state index is 0.133. The van der Waals surface area contributed by atoms with Crippen molar-refractivity contribution >= 4 is 27.6 Å². The Morgan fingerprint density at radius 1 is 1.17 bits per heavy atom. The van der Waals surface area contributed by atoms with Gasteiger partial charge in [-0.2, -0.15) is 4.31 Å². The lowest BCUT2D eigenvalue weighted by molar-refractivity contribution is -0.152. The van der Waals surface area contributed by atoms with Gasteiger partial charge < -0.3 is 10.1 Å². The van der Waals surface area contributed by atoms with Gasteiger partial charge in [-0.3, -0.25) is 14.6 Å². The van der Waals surface area contributed by atoms with E-state index in [1.807, 2.05) is 32.0 Å². The normalized spacial score (nSPS) is 15.5. The second-order valence-electron chi connectivity index (χ2n) is 7.40. The number of rotatable bonds is 6. The van der Waals surface area contributed by atoms with Crippen LogP contribution in [0.1, 0.15) is 24.0 Å². The van der Waals surface area contributed by atoms with Crippen molar-refractivity contribution in [3.8, 4) is 0 Å². The molecule has 30 heavy (non-hydrogen) atoms. The van der Waals surface area contributed by atoms with Gasteiger partial charge in [-0.05, 0) is 62.1 Å². The zero-order valence-corrected chi connectivity index (χ0v) is 17.8. The predicted octanol–water partition coefficient (Wildman–Crippen LogP) is 2.28. The predicted molar refractivity (Wildman–Crippen MR) is 111 cm³/mol. The highest BCUT2D eigenvalue weighted by molar-refractivity contribution is 7.89. The van der Waals surface area contributed by atoms with Gasteiger partial charge in [0.2, 0.25) is 10.0 Å². The van der Waals surface area contributed by atoms with E-state index in [9.17, 15) is 18.0 Å². The van der Waals surface area contributed by atoms with Crippen molar-refractivity contribution in [3.05, 3.63) is 53.9 Å². The Morgan fingerprint density at radius 3 is 2.43 bits per heavy atom. The van der Waals surface area contributed by atoms with Crippen molar-refractivity contribution in [3.63, 3.8) is 0 Å². The van der Waals surface area contributed by atoms with Gasteiger partial charge >= 0.3 is 5.97 Å². The van der Waals surface area contributed by atoms with E-state index in [-0.39, 0.29) is 24.6 Å². The van der Waals surface area contributed by atoms with E-state index < -0.39 is 27.8 Å². The number of esters is 1. The fraction of sp³-hybridized carbons (Fsp3) is 0.381. The molecule has 0 unspecified atom stereocenters. The third kappa shape index (κ3) is 5.43. The van der Waals surface area contributed by atoms with E-state index in [0.29, 0.717) is 18.5 Å². The maximum absolute atomic E-state index is 12.6. The molecule has 9 heteroatoms. The van der Waals surface area contributed by atoms with Crippen LogP contribution < -0.4 is 5.32 Å². The topological polar surface area (TPSA) is 106 Å². The molecule has 1 aromatic carbocycles. The zero-order valence-electron chi connectivity index (χ0n) is 17.0. The number of hydrogen-bond acceptors (Lipinski definition) is 6. The fourth-order valence-electron chi connectivity index (χ4n) is 3.48. The van der Waals surface area contributed by atoms with Crippen LogP contribution in [0.2, 0.25) is 0 Å². The Hall–Kier alpha value is -2.78. The lowest BCUT2D eigenvalue weighted by atomic mass is 9.98. The number of nitrogens with zero attached hydrogens (tertiary/aromatic N) is 2. The van der Waals surface area contributed by atoms with E-state index in [2.05, 4.69) is 10.3 Å². The van der Waals surface area contributed by atoms with Gasteiger partial charge in [0.05, 0.1) is 5.92 Å². The molecular formula is C21H25N3O5S. The van der Waals surface area contributed by atoms with Crippen molar-refractivity contribution in [1.29, 1.82) is 0 Å². The molecule has 0 radical (unpaired) electrons. The number of aryl methyl sites for hydroxylation is 2. The number of piperidine rings is 1. The number of amides is 1. The number of anilines is 1. The average Bonchev–Trinajstić information content (AvgIpc) is 2.72. The molecule has 8 nitrogen and oxygen atoms in total. The van der Waals surface area contributed by atoms with Crippen LogP contribution >= 0.6 is 0 Å². The maximum Gasteiger partial charge on any atom is 0.309 e. The average molecular weight is 432 g/mol. The third-order valence-electron chi connectivity index (χ3n) is 4.91. The van der Waals surface area contributed by atoms with E-state index in [1.165, 1.54) is 22.8 Å². The summed E-state index contributed by atoms with van der Waals surface area (Å²) < 4.78 is 31.7. The van der Waals surface area contributed by atoms with E-state index in [0.717, 1.165) is 11.1 Å². The Bertz CT molecular complexity index is 996. The first kappa shape index (κ1) is 21.9. The quantitative estimate of drug-likeness (QED) is 0.704. The SMILES string of the molecule is Cc1cc(C)cc(NC(=O)COC(=O)C2CCN(S(=O)(=O)c3cccnc3)CC2)c1. The first-order valence-corrected chi connectivity index (χ1v) is 11.1. The molecule has 160 valence electrons. The van der Waals surface area contributed by atoms with E-state index in [1.54, 1.807) is 6.07 Å². The van der Waals surface area contributed by atoms with Crippen LogP contribution in [0.5, 0.6) is 0 Å². The third-order valence-corrected chi connectivity index (χ3v) is 6.79. The minimum Gasteiger partial charge on any atom is -0.455 e. The second-order valence-corrected chi connectivity index (χ2v) is 9.34. The summed E-state index contributed by atoms with van der Waals surface area (Å²) in [6.07, 6.45) is 3.51. The summed E-state index contributed by atoms with van der Waals surface area (Å²) >= 11 is 0. The molecule has 1 amide bonds. The van der Waals surface area contributed by atoms with Crippen LogP contribution in [0, 0.1) is 19.8 Å². The summed E-state index contributed by atoms with van der Waals surface area (Å²) in [6.45, 7) is 3.92. The van der Waals surface area contributed by atoms with Gasteiger partial charge in [0.1, 0.15) is 4.90 Å². The number of benzene rings is 1. The summed E-state index contributed by atoms with van der Waals surface area (Å²) in [5.41, 5.74) is 2.70. The van der Waals surface area contributed by atoms with Crippen LogP contribution in [0.25, 0.3) is 0 Å². The molecule has 0 bridgehead atoms. The molecule has 0 aliphatic carbocycles. The lowest BCUT2D eigenvalue weighted by Crippen LogP contribution is -2.40. The molecule has 1 fully saturated rings. The van der Waals surface area contributed by atoms with Crippen molar-refractivity contribution in [2.24, 2.45) is 5.92 Å². The Kier molecular flexibility index (Phi) is 6.84. The van der Waals surface area contributed by atoms with Crippen molar-refractivity contribution in [1.82, 2.24) is 9.29 Å². The molecule has 1 aliphatic heterocycles. The minimum atomic E-state index is -3.62. The number of nitrogens with one attached hydrogen (secondary N) is 1. The molecule has 2 aromatic rings. The molecule has 0 atom stereocenters. The number of carbonyl (C=O) groups is 2. The Balaban J connectivity index is 1.48. The van der Waals surface area contributed by atoms with Gasteiger partial charge in [-0.15, -0.1) is 0 Å². The van der Waals surface area contributed by atoms with E-state index in [4.69, 9.17) is 4.74 Å². The molecule has 0 spiro atoms. The fourth-order valence-corrected chi connectivity index (χ4v) is 4.91. The molecule has 1 N–H and O–H groups in total. The number of aromatic nitrogens is 1. The molecule has 1 aliphatic rings. The number of ether oxygens (including phenoxy) is 1. The summed E-state index contributed by atoms with van der Waals surface area (Å²) in [7, 11) is -3.62. The van der Waals surface area contributed by atoms with Gasteiger partial charge in [-0.1, -0.05) is 6.07 Å². The van der Waals surface area contributed by atoms with Crippen LogP contribution in [0.4, 0.5) is 5.69 Å². The van der Waals surface area contributed by atoms with Crippen LogP contribution in [-0.4, -0.2) is 49.3 Å². The molecule has 3 rings (SSSR count). The first-order valence-electron chi connectivity index (χ1n) is 9.70. The van der Waals surface area contributed by atoms with Crippen LogP contribution in [0.3, 0.4) is 0 Å². The highest BCUT2D eigenvalue weighted by atomic mass is 32.2.